The van der Waals surface area contributed by atoms with Gasteiger partial charge < -0.3 is 19.9 Å². The number of anilines is 1. The summed E-state index contributed by atoms with van der Waals surface area (Å²) in [4.78, 5) is 29.3. The van der Waals surface area contributed by atoms with Gasteiger partial charge in [-0.05, 0) is 62.8 Å². The zero-order valence-electron chi connectivity index (χ0n) is 17.4. The number of piperidine rings is 1. The molecule has 1 aromatic rings. The summed E-state index contributed by atoms with van der Waals surface area (Å²) in [5.74, 6) is 0.406. The van der Waals surface area contributed by atoms with Crippen LogP contribution in [0.1, 0.15) is 44.1 Å². The second-order valence-corrected chi connectivity index (χ2v) is 8.59. The van der Waals surface area contributed by atoms with Crippen molar-refractivity contribution in [1.82, 2.24) is 9.80 Å². The highest BCUT2D eigenvalue weighted by Gasteiger charge is 2.41. The molecule has 3 fully saturated rings. The summed E-state index contributed by atoms with van der Waals surface area (Å²) >= 11 is 0. The maximum absolute atomic E-state index is 13.0. The van der Waals surface area contributed by atoms with E-state index in [1.807, 2.05) is 0 Å². The number of likely N-dealkylation sites (tertiary alicyclic amines) is 1. The van der Waals surface area contributed by atoms with Gasteiger partial charge in [0.15, 0.2) is 0 Å². The summed E-state index contributed by atoms with van der Waals surface area (Å²) in [6.45, 7) is 2.37. The van der Waals surface area contributed by atoms with Gasteiger partial charge >= 0.3 is 12.2 Å². The minimum atomic E-state index is -4.40. The molecule has 2 saturated heterocycles. The van der Waals surface area contributed by atoms with Gasteiger partial charge in [-0.25, -0.2) is 4.79 Å². The number of nitrogens with one attached hydrogen (secondary N) is 1. The number of alkyl halides is 3. The first-order chi connectivity index (χ1) is 14.8. The highest BCUT2D eigenvalue weighted by atomic mass is 19.4. The summed E-state index contributed by atoms with van der Waals surface area (Å²) < 4.78 is 43.5. The van der Waals surface area contributed by atoms with Crippen LogP contribution in [0.25, 0.3) is 0 Å². The molecule has 2 heterocycles. The molecule has 2 aliphatic heterocycles. The average molecular weight is 439 g/mol. The second kappa shape index (κ2) is 9.06. The van der Waals surface area contributed by atoms with Gasteiger partial charge in [0.2, 0.25) is 5.91 Å². The molecular formula is C22H28F3N3O3. The largest absolute Gasteiger partial charge is 0.416 e. The van der Waals surface area contributed by atoms with Crippen molar-refractivity contribution in [2.45, 2.75) is 56.8 Å². The molecule has 1 N–H and O–H groups in total. The van der Waals surface area contributed by atoms with E-state index in [4.69, 9.17) is 4.74 Å². The molecule has 0 aromatic heterocycles. The molecule has 4 rings (SSSR count). The van der Waals surface area contributed by atoms with Crippen molar-refractivity contribution >= 4 is 17.6 Å². The lowest BCUT2D eigenvalue weighted by molar-refractivity contribution is -0.141. The summed E-state index contributed by atoms with van der Waals surface area (Å²) in [6, 6.07) is 4.42. The number of ether oxygens (including phenoxy) is 1. The molecule has 3 aliphatic rings. The van der Waals surface area contributed by atoms with E-state index >= 15 is 0 Å². The molecule has 170 valence electrons. The summed E-state index contributed by atoms with van der Waals surface area (Å²) in [5, 5.41) is 2.67. The Morgan fingerprint density at radius 3 is 2.06 bits per heavy atom. The standard InChI is InChI=1S/C22H28F3N3O3/c23-22(24,25)16-3-5-17(6-4-16)26-21(30)27-11-7-18(8-12-27)28(20(29)15-1-2-15)19-9-13-31-14-10-19/h3-6,15,18-19H,1-2,7-14H2,(H,26,30). The topological polar surface area (TPSA) is 61.9 Å². The summed E-state index contributed by atoms with van der Waals surface area (Å²) in [5.41, 5.74) is -0.423. The number of benzene rings is 1. The molecular weight excluding hydrogens is 411 g/mol. The average Bonchev–Trinajstić information content (AvgIpc) is 3.60. The predicted molar refractivity (Wildman–Crippen MR) is 108 cm³/mol. The Morgan fingerprint density at radius 1 is 0.935 bits per heavy atom. The van der Waals surface area contributed by atoms with Crippen molar-refractivity contribution in [3.63, 3.8) is 0 Å². The number of urea groups is 1. The van der Waals surface area contributed by atoms with Gasteiger partial charge in [0.1, 0.15) is 0 Å². The zero-order chi connectivity index (χ0) is 22.0. The Bertz CT molecular complexity index is 781. The third-order valence-electron chi connectivity index (χ3n) is 6.37. The van der Waals surface area contributed by atoms with E-state index in [2.05, 4.69) is 10.2 Å². The van der Waals surface area contributed by atoms with Crippen LogP contribution in [0.3, 0.4) is 0 Å². The smallest absolute Gasteiger partial charge is 0.381 e. The molecule has 31 heavy (non-hydrogen) atoms. The fourth-order valence-corrected chi connectivity index (χ4v) is 4.45. The van der Waals surface area contributed by atoms with E-state index in [0.717, 1.165) is 37.8 Å². The quantitative estimate of drug-likeness (QED) is 0.768. The lowest BCUT2D eigenvalue weighted by Crippen LogP contribution is -2.54. The first kappa shape index (κ1) is 21.9. The van der Waals surface area contributed by atoms with Gasteiger partial charge in [-0.3, -0.25) is 4.79 Å². The molecule has 0 radical (unpaired) electrons. The Hall–Kier alpha value is -2.29. The normalized spacial score (nSPS) is 21.1. The fourth-order valence-electron chi connectivity index (χ4n) is 4.45. The predicted octanol–water partition coefficient (Wildman–Crippen LogP) is 4.12. The van der Waals surface area contributed by atoms with Crippen LogP contribution in [0.15, 0.2) is 24.3 Å². The van der Waals surface area contributed by atoms with E-state index in [1.165, 1.54) is 12.1 Å². The van der Waals surface area contributed by atoms with Crippen LogP contribution in [-0.4, -0.2) is 60.1 Å². The van der Waals surface area contributed by atoms with Gasteiger partial charge in [-0.1, -0.05) is 0 Å². The van der Waals surface area contributed by atoms with E-state index in [1.54, 1.807) is 4.90 Å². The van der Waals surface area contributed by atoms with Gasteiger partial charge in [0, 0.05) is 50.0 Å². The van der Waals surface area contributed by atoms with E-state index in [-0.39, 0.29) is 29.9 Å². The maximum Gasteiger partial charge on any atom is 0.416 e. The number of hydrogen-bond acceptors (Lipinski definition) is 3. The van der Waals surface area contributed by atoms with Crippen molar-refractivity contribution in [3.05, 3.63) is 29.8 Å². The summed E-state index contributed by atoms with van der Waals surface area (Å²) in [7, 11) is 0. The zero-order valence-corrected chi connectivity index (χ0v) is 17.4. The van der Waals surface area contributed by atoms with Crippen LogP contribution in [0.4, 0.5) is 23.7 Å². The molecule has 1 aromatic carbocycles. The lowest BCUT2D eigenvalue weighted by Gasteiger charge is -2.43. The van der Waals surface area contributed by atoms with Crippen LogP contribution in [-0.2, 0) is 15.7 Å². The van der Waals surface area contributed by atoms with E-state index in [9.17, 15) is 22.8 Å². The number of halogens is 3. The van der Waals surface area contributed by atoms with E-state index in [0.29, 0.717) is 44.8 Å². The Morgan fingerprint density at radius 2 is 1.52 bits per heavy atom. The number of carbonyl (C=O) groups is 2. The number of carbonyl (C=O) groups excluding carboxylic acids is 2. The third-order valence-corrected chi connectivity index (χ3v) is 6.37. The van der Waals surface area contributed by atoms with Gasteiger partial charge in [-0.2, -0.15) is 13.2 Å². The molecule has 0 bridgehead atoms. The molecule has 6 nitrogen and oxygen atoms in total. The minimum absolute atomic E-state index is 0.117. The molecule has 1 saturated carbocycles. The molecule has 9 heteroatoms. The third kappa shape index (κ3) is 5.31. The molecule has 0 unspecified atom stereocenters. The number of nitrogens with zero attached hydrogens (tertiary/aromatic N) is 2. The first-order valence-electron chi connectivity index (χ1n) is 11.0. The molecule has 0 atom stereocenters. The SMILES string of the molecule is O=C(Nc1ccc(C(F)(F)F)cc1)N1CCC(N(C(=O)C2CC2)C2CCOCC2)CC1. The number of amides is 3. The monoisotopic (exact) mass is 439 g/mol. The fraction of sp³-hybridized carbons (Fsp3) is 0.636. The van der Waals surface area contributed by atoms with Crippen LogP contribution in [0, 0.1) is 5.92 Å². The minimum Gasteiger partial charge on any atom is -0.381 e. The summed E-state index contributed by atoms with van der Waals surface area (Å²) in [6.07, 6.45) is 0.644. The van der Waals surface area contributed by atoms with Crippen molar-refractivity contribution < 1.29 is 27.5 Å². The van der Waals surface area contributed by atoms with Crippen molar-refractivity contribution in [2.24, 2.45) is 5.92 Å². The van der Waals surface area contributed by atoms with Gasteiger partial charge in [-0.15, -0.1) is 0 Å². The molecule has 0 spiro atoms. The number of hydrogen-bond donors (Lipinski definition) is 1. The Kier molecular flexibility index (Phi) is 6.41. The van der Waals surface area contributed by atoms with Crippen molar-refractivity contribution in [2.75, 3.05) is 31.6 Å². The van der Waals surface area contributed by atoms with Crippen LogP contribution in [0.2, 0.25) is 0 Å². The highest BCUT2D eigenvalue weighted by molar-refractivity contribution is 5.89. The van der Waals surface area contributed by atoms with Crippen molar-refractivity contribution in [1.29, 1.82) is 0 Å². The van der Waals surface area contributed by atoms with Gasteiger partial charge in [0.05, 0.1) is 5.56 Å². The number of rotatable bonds is 4. The van der Waals surface area contributed by atoms with E-state index < -0.39 is 11.7 Å². The maximum atomic E-state index is 13.0. The van der Waals surface area contributed by atoms with Crippen LogP contribution in [0.5, 0.6) is 0 Å². The first-order valence-corrected chi connectivity index (χ1v) is 11.0. The molecule has 3 amide bonds. The lowest BCUT2D eigenvalue weighted by atomic mass is 9.97. The Balaban J connectivity index is 1.33. The van der Waals surface area contributed by atoms with Crippen LogP contribution >= 0.6 is 0 Å². The second-order valence-electron chi connectivity index (χ2n) is 8.59. The van der Waals surface area contributed by atoms with Gasteiger partial charge in [0.25, 0.3) is 0 Å². The highest BCUT2D eigenvalue weighted by Crippen LogP contribution is 2.35. The van der Waals surface area contributed by atoms with Crippen LogP contribution < -0.4 is 5.32 Å². The Labute approximate surface area is 179 Å². The molecule has 1 aliphatic carbocycles. The van der Waals surface area contributed by atoms with Crippen molar-refractivity contribution in [3.8, 4) is 0 Å².